The van der Waals surface area contributed by atoms with Gasteiger partial charge in [0.05, 0.1) is 16.3 Å². The number of thiophene rings is 1. The van der Waals surface area contributed by atoms with Gasteiger partial charge in [0.2, 0.25) is 5.91 Å². The molecule has 3 heterocycles. The van der Waals surface area contributed by atoms with Crippen LogP contribution in [0.3, 0.4) is 0 Å². The lowest BCUT2D eigenvalue weighted by atomic mass is 10.4. The first-order chi connectivity index (χ1) is 12.9. The molecule has 3 aromatic heterocycles. The predicted molar refractivity (Wildman–Crippen MR) is 112 cm³/mol. The molecule has 1 N–H and O–H groups in total. The van der Waals surface area contributed by atoms with Gasteiger partial charge in [-0.2, -0.15) is 5.10 Å². The van der Waals surface area contributed by atoms with Crippen LogP contribution < -0.4 is 5.32 Å². The van der Waals surface area contributed by atoms with E-state index in [-0.39, 0.29) is 5.91 Å². The van der Waals surface area contributed by atoms with Crippen molar-refractivity contribution in [2.75, 3.05) is 12.3 Å². The number of aryl methyl sites for hydroxylation is 3. The molecule has 0 aromatic carbocycles. The summed E-state index contributed by atoms with van der Waals surface area (Å²) in [6, 6.07) is 4.07. The van der Waals surface area contributed by atoms with E-state index in [2.05, 4.69) is 42.6 Å². The number of carbonyl (C=O) groups is 1. The Morgan fingerprint density at radius 2 is 2.15 bits per heavy atom. The van der Waals surface area contributed by atoms with Crippen LogP contribution in [0, 0.1) is 13.8 Å². The van der Waals surface area contributed by atoms with Crippen molar-refractivity contribution in [3.05, 3.63) is 33.4 Å². The number of halogens is 1. The van der Waals surface area contributed by atoms with Gasteiger partial charge >= 0.3 is 0 Å². The zero-order chi connectivity index (χ0) is 19.4. The van der Waals surface area contributed by atoms with Gasteiger partial charge in [0, 0.05) is 35.7 Å². The molecule has 144 valence electrons. The molecular weight excluding hydrogens is 448 g/mol. The third-order valence-electron chi connectivity index (χ3n) is 3.93. The molecule has 0 unspecified atom stereocenters. The average molecular weight is 469 g/mol. The van der Waals surface area contributed by atoms with Crippen LogP contribution >= 0.6 is 39.0 Å². The van der Waals surface area contributed by atoms with Gasteiger partial charge in [0.1, 0.15) is 0 Å². The molecule has 10 heteroatoms. The molecule has 27 heavy (non-hydrogen) atoms. The highest BCUT2D eigenvalue weighted by Crippen LogP contribution is 2.30. The number of nitrogens with one attached hydrogen (secondary N) is 1. The minimum Gasteiger partial charge on any atom is -0.355 e. The number of hydrogen-bond donors (Lipinski definition) is 1. The Hall–Kier alpha value is -1.65. The summed E-state index contributed by atoms with van der Waals surface area (Å²) >= 11 is 6.44. The zero-order valence-corrected chi connectivity index (χ0v) is 18.6. The first-order valence-electron chi connectivity index (χ1n) is 8.48. The van der Waals surface area contributed by atoms with Gasteiger partial charge in [-0.15, -0.1) is 21.5 Å². The maximum Gasteiger partial charge on any atom is 0.230 e. The predicted octanol–water partition coefficient (Wildman–Crippen LogP) is 3.42. The van der Waals surface area contributed by atoms with Crippen molar-refractivity contribution >= 4 is 44.9 Å². The monoisotopic (exact) mass is 468 g/mol. The highest BCUT2D eigenvalue weighted by Gasteiger charge is 2.14. The van der Waals surface area contributed by atoms with Crippen molar-refractivity contribution in [2.24, 2.45) is 7.05 Å². The number of thioether (sulfide) groups is 1. The van der Waals surface area contributed by atoms with Crippen molar-refractivity contribution in [2.45, 2.75) is 32.0 Å². The van der Waals surface area contributed by atoms with E-state index >= 15 is 0 Å². The van der Waals surface area contributed by atoms with E-state index in [4.69, 9.17) is 0 Å². The molecule has 1 amide bonds. The minimum atomic E-state index is -0.00298. The first kappa shape index (κ1) is 20.1. The lowest BCUT2D eigenvalue weighted by Gasteiger charge is -2.07. The fraction of sp³-hybridized carbons (Fsp3) is 0.412. The number of nitrogens with zero attached hydrogens (tertiary/aromatic N) is 5. The second kappa shape index (κ2) is 9.03. The summed E-state index contributed by atoms with van der Waals surface area (Å²) in [4.78, 5) is 13.1. The van der Waals surface area contributed by atoms with Gasteiger partial charge in [-0.25, -0.2) is 0 Å². The molecular formula is C17H21BrN6OS2. The molecule has 3 rings (SSSR count). The van der Waals surface area contributed by atoms with Crippen LogP contribution in [-0.2, 0) is 18.4 Å². The maximum atomic E-state index is 12.1. The lowest BCUT2D eigenvalue weighted by molar-refractivity contribution is -0.118. The van der Waals surface area contributed by atoms with E-state index in [0.29, 0.717) is 12.3 Å². The quantitative estimate of drug-likeness (QED) is 0.404. The summed E-state index contributed by atoms with van der Waals surface area (Å²) < 4.78 is 4.92. The van der Waals surface area contributed by atoms with Crippen LogP contribution in [0.15, 0.2) is 27.1 Å². The molecule has 7 nitrogen and oxygen atoms in total. The van der Waals surface area contributed by atoms with E-state index in [0.717, 1.165) is 44.7 Å². The van der Waals surface area contributed by atoms with E-state index in [1.165, 1.54) is 11.8 Å². The fourth-order valence-corrected chi connectivity index (χ4v) is 4.81. The Bertz CT molecular complexity index is 932. The average Bonchev–Trinajstić information content (AvgIpc) is 3.29. The third-order valence-corrected chi connectivity index (χ3v) is 6.63. The van der Waals surface area contributed by atoms with E-state index in [1.807, 2.05) is 41.6 Å². The van der Waals surface area contributed by atoms with Crippen LogP contribution in [0.4, 0.5) is 0 Å². The fourth-order valence-electron chi connectivity index (χ4n) is 2.62. The van der Waals surface area contributed by atoms with E-state index < -0.39 is 0 Å². The number of aromatic nitrogens is 5. The molecule has 0 fully saturated rings. The number of rotatable bonds is 8. The lowest BCUT2D eigenvalue weighted by Crippen LogP contribution is -2.27. The largest absolute Gasteiger partial charge is 0.355 e. The second-order valence-electron chi connectivity index (χ2n) is 6.14. The van der Waals surface area contributed by atoms with Crippen LogP contribution in [0.1, 0.15) is 17.8 Å². The molecule has 0 radical (unpaired) electrons. The Kier molecular flexibility index (Phi) is 6.72. The minimum absolute atomic E-state index is 0.00298. The number of hydrogen-bond acceptors (Lipinski definition) is 6. The zero-order valence-electron chi connectivity index (χ0n) is 15.4. The molecule has 0 atom stereocenters. The standard InChI is InChI=1S/C17H21BrN6OS2/c1-11-7-12(2)24(22-11)6-4-5-19-15(25)10-27-17-21-20-16(23(17)3)14-8-13(18)9-26-14/h7-9H,4-6,10H2,1-3H3,(H,19,25). The van der Waals surface area contributed by atoms with Crippen molar-refractivity contribution in [1.29, 1.82) is 0 Å². The van der Waals surface area contributed by atoms with Gasteiger partial charge in [-0.3, -0.25) is 9.48 Å². The number of amides is 1. The topological polar surface area (TPSA) is 77.6 Å². The third kappa shape index (κ3) is 5.20. The summed E-state index contributed by atoms with van der Waals surface area (Å²) in [5.74, 6) is 1.12. The van der Waals surface area contributed by atoms with Crippen molar-refractivity contribution < 1.29 is 4.79 Å². The Labute approximate surface area is 174 Å². The van der Waals surface area contributed by atoms with Crippen LogP contribution in [0.2, 0.25) is 0 Å². The smallest absolute Gasteiger partial charge is 0.230 e. The summed E-state index contributed by atoms with van der Waals surface area (Å²) in [7, 11) is 1.91. The highest BCUT2D eigenvalue weighted by atomic mass is 79.9. The van der Waals surface area contributed by atoms with Gasteiger partial charge in [-0.1, -0.05) is 11.8 Å². The van der Waals surface area contributed by atoms with Gasteiger partial charge in [0.15, 0.2) is 11.0 Å². The molecule has 0 aliphatic carbocycles. The summed E-state index contributed by atoms with van der Waals surface area (Å²) in [6.45, 7) is 5.46. The Morgan fingerprint density at radius 1 is 1.33 bits per heavy atom. The van der Waals surface area contributed by atoms with Crippen LogP contribution in [-0.4, -0.2) is 42.7 Å². The molecule has 0 bridgehead atoms. The van der Waals surface area contributed by atoms with Crippen LogP contribution in [0.5, 0.6) is 0 Å². The highest BCUT2D eigenvalue weighted by molar-refractivity contribution is 9.10. The van der Waals surface area contributed by atoms with Gasteiger partial charge in [-0.05, 0) is 48.3 Å². The van der Waals surface area contributed by atoms with Gasteiger partial charge < -0.3 is 9.88 Å². The number of carbonyl (C=O) groups excluding carboxylic acids is 1. The molecule has 0 aliphatic rings. The normalized spacial score (nSPS) is 11.1. The second-order valence-corrected chi connectivity index (χ2v) is 8.91. The first-order valence-corrected chi connectivity index (χ1v) is 11.1. The van der Waals surface area contributed by atoms with Gasteiger partial charge in [0.25, 0.3) is 0 Å². The molecule has 0 spiro atoms. The summed E-state index contributed by atoms with van der Waals surface area (Å²) in [6.07, 6.45) is 0.847. The van der Waals surface area contributed by atoms with Crippen molar-refractivity contribution in [1.82, 2.24) is 29.9 Å². The van der Waals surface area contributed by atoms with Crippen LogP contribution in [0.25, 0.3) is 10.7 Å². The molecule has 0 aliphatic heterocycles. The summed E-state index contributed by atoms with van der Waals surface area (Å²) in [5.41, 5.74) is 2.16. The van der Waals surface area contributed by atoms with E-state index in [9.17, 15) is 4.79 Å². The Morgan fingerprint density at radius 3 is 2.81 bits per heavy atom. The molecule has 0 saturated carbocycles. The van der Waals surface area contributed by atoms with Crippen molar-refractivity contribution in [3.8, 4) is 10.7 Å². The van der Waals surface area contributed by atoms with Crippen molar-refractivity contribution in [3.63, 3.8) is 0 Å². The molecule has 0 saturated heterocycles. The SMILES string of the molecule is Cc1cc(C)n(CCCNC(=O)CSc2nnc(-c3cc(Br)cs3)n2C)n1. The molecule has 3 aromatic rings. The van der Waals surface area contributed by atoms with E-state index in [1.54, 1.807) is 11.3 Å². The Balaban J connectivity index is 1.43. The summed E-state index contributed by atoms with van der Waals surface area (Å²) in [5, 5.41) is 18.5. The maximum absolute atomic E-state index is 12.1.